The summed E-state index contributed by atoms with van der Waals surface area (Å²) in [7, 11) is 3.45. The SMILES string of the molecule is COc1cc(/C=C(\C#N)c2nc3ccccc3n2C)ccc1OCc1ccc(F)cc1. The van der Waals surface area contributed by atoms with E-state index < -0.39 is 0 Å². The molecule has 0 fully saturated rings. The molecular weight excluding hydrogens is 393 g/mol. The Balaban J connectivity index is 1.61. The molecule has 154 valence electrons. The number of para-hydroxylation sites is 2. The zero-order valence-electron chi connectivity index (χ0n) is 17.2. The average molecular weight is 413 g/mol. The van der Waals surface area contributed by atoms with E-state index in [0.29, 0.717) is 22.9 Å². The topological polar surface area (TPSA) is 60.1 Å². The van der Waals surface area contributed by atoms with Crippen LogP contribution in [0.3, 0.4) is 0 Å². The van der Waals surface area contributed by atoms with Gasteiger partial charge in [-0.2, -0.15) is 5.26 Å². The van der Waals surface area contributed by atoms with Crippen LogP contribution in [-0.4, -0.2) is 16.7 Å². The highest BCUT2D eigenvalue weighted by atomic mass is 19.1. The number of hydrogen-bond donors (Lipinski definition) is 0. The van der Waals surface area contributed by atoms with Gasteiger partial charge in [0, 0.05) is 7.05 Å². The maximum absolute atomic E-state index is 13.1. The predicted octanol–water partition coefficient (Wildman–Crippen LogP) is 5.36. The maximum atomic E-state index is 13.1. The highest BCUT2D eigenvalue weighted by Crippen LogP contribution is 2.31. The molecule has 5 nitrogen and oxygen atoms in total. The van der Waals surface area contributed by atoms with Crippen molar-refractivity contribution < 1.29 is 13.9 Å². The van der Waals surface area contributed by atoms with E-state index in [2.05, 4.69) is 11.1 Å². The van der Waals surface area contributed by atoms with Gasteiger partial charge in [0.15, 0.2) is 17.3 Å². The fourth-order valence-electron chi connectivity index (χ4n) is 3.33. The summed E-state index contributed by atoms with van der Waals surface area (Å²) in [6, 6.07) is 21.6. The second-order valence-corrected chi connectivity index (χ2v) is 6.98. The number of methoxy groups -OCH3 is 1. The second-order valence-electron chi connectivity index (χ2n) is 6.98. The van der Waals surface area contributed by atoms with Crippen LogP contribution in [0.25, 0.3) is 22.7 Å². The third-order valence-corrected chi connectivity index (χ3v) is 4.95. The molecule has 0 N–H and O–H groups in total. The maximum Gasteiger partial charge on any atom is 0.161 e. The number of ether oxygens (including phenoxy) is 2. The third-order valence-electron chi connectivity index (χ3n) is 4.95. The highest BCUT2D eigenvalue weighted by molar-refractivity contribution is 5.91. The number of nitrogens with zero attached hydrogens (tertiary/aromatic N) is 3. The zero-order chi connectivity index (χ0) is 21.8. The van der Waals surface area contributed by atoms with Gasteiger partial charge >= 0.3 is 0 Å². The minimum atomic E-state index is -0.286. The Hall–Kier alpha value is -4.11. The Morgan fingerprint density at radius 3 is 2.58 bits per heavy atom. The summed E-state index contributed by atoms with van der Waals surface area (Å²) in [5, 5.41) is 9.75. The van der Waals surface area contributed by atoms with Crippen LogP contribution in [0.2, 0.25) is 0 Å². The quantitative estimate of drug-likeness (QED) is 0.399. The highest BCUT2D eigenvalue weighted by Gasteiger charge is 2.13. The monoisotopic (exact) mass is 413 g/mol. The summed E-state index contributed by atoms with van der Waals surface area (Å²) >= 11 is 0. The lowest BCUT2D eigenvalue weighted by Crippen LogP contribution is -1.98. The zero-order valence-corrected chi connectivity index (χ0v) is 17.2. The van der Waals surface area contributed by atoms with Gasteiger partial charge in [0.25, 0.3) is 0 Å². The van der Waals surface area contributed by atoms with Crippen molar-refractivity contribution in [3.05, 3.63) is 89.5 Å². The van der Waals surface area contributed by atoms with E-state index in [1.54, 1.807) is 37.5 Å². The van der Waals surface area contributed by atoms with E-state index in [0.717, 1.165) is 22.2 Å². The summed E-state index contributed by atoms with van der Waals surface area (Å²) in [5.74, 6) is 1.41. The lowest BCUT2D eigenvalue weighted by atomic mass is 10.1. The standard InChI is InChI=1S/C25H20FN3O2/c1-29-22-6-4-3-5-21(22)28-25(29)19(15-27)13-18-9-12-23(24(14-18)30-2)31-16-17-7-10-20(26)11-8-17/h3-14H,16H2,1-2H3/b19-13+. The van der Waals surface area contributed by atoms with E-state index in [9.17, 15) is 9.65 Å². The minimum absolute atomic E-state index is 0.286. The Bertz CT molecular complexity index is 1300. The van der Waals surface area contributed by atoms with Crippen LogP contribution in [0, 0.1) is 17.1 Å². The number of nitriles is 1. The third kappa shape index (κ3) is 4.26. The van der Waals surface area contributed by atoms with E-state index in [-0.39, 0.29) is 12.4 Å². The van der Waals surface area contributed by atoms with E-state index in [1.807, 2.05) is 41.9 Å². The number of benzene rings is 3. The molecule has 0 spiro atoms. The molecule has 1 aromatic heterocycles. The van der Waals surface area contributed by atoms with Crippen molar-refractivity contribution in [1.29, 1.82) is 5.26 Å². The van der Waals surface area contributed by atoms with Gasteiger partial charge in [0.1, 0.15) is 18.5 Å². The molecule has 0 saturated carbocycles. The van der Waals surface area contributed by atoms with Gasteiger partial charge in [0.05, 0.1) is 23.7 Å². The lowest BCUT2D eigenvalue weighted by molar-refractivity contribution is 0.284. The number of aromatic nitrogens is 2. The number of allylic oxidation sites excluding steroid dienone is 1. The Morgan fingerprint density at radius 2 is 1.87 bits per heavy atom. The van der Waals surface area contributed by atoms with Crippen molar-refractivity contribution in [3.63, 3.8) is 0 Å². The molecule has 31 heavy (non-hydrogen) atoms. The van der Waals surface area contributed by atoms with Gasteiger partial charge in [0.2, 0.25) is 0 Å². The predicted molar refractivity (Wildman–Crippen MR) is 118 cm³/mol. The molecule has 0 radical (unpaired) electrons. The number of imidazole rings is 1. The molecule has 0 aliphatic heterocycles. The van der Waals surface area contributed by atoms with Crippen LogP contribution in [0.4, 0.5) is 4.39 Å². The first-order valence-corrected chi connectivity index (χ1v) is 9.68. The van der Waals surface area contributed by atoms with Crippen LogP contribution >= 0.6 is 0 Å². The number of aryl methyl sites for hydroxylation is 1. The normalized spacial score (nSPS) is 11.4. The summed E-state index contributed by atoms with van der Waals surface area (Å²) in [5.41, 5.74) is 3.88. The van der Waals surface area contributed by atoms with Crippen molar-refractivity contribution in [3.8, 4) is 17.6 Å². The van der Waals surface area contributed by atoms with Crippen LogP contribution < -0.4 is 9.47 Å². The van der Waals surface area contributed by atoms with Gasteiger partial charge in [-0.05, 0) is 53.6 Å². The van der Waals surface area contributed by atoms with Gasteiger partial charge in [-0.1, -0.05) is 30.3 Å². The van der Waals surface area contributed by atoms with Crippen LogP contribution in [0.5, 0.6) is 11.5 Å². The molecule has 3 aromatic carbocycles. The fourth-order valence-corrected chi connectivity index (χ4v) is 3.33. The van der Waals surface area contributed by atoms with E-state index >= 15 is 0 Å². The number of hydrogen-bond acceptors (Lipinski definition) is 4. The van der Waals surface area contributed by atoms with Crippen LogP contribution in [0.15, 0.2) is 66.7 Å². The molecule has 0 aliphatic carbocycles. The summed E-state index contributed by atoms with van der Waals surface area (Å²) in [6.45, 7) is 0.287. The largest absolute Gasteiger partial charge is 0.493 e. The first kappa shape index (κ1) is 20.2. The Kier molecular flexibility index (Phi) is 5.67. The summed E-state index contributed by atoms with van der Waals surface area (Å²) in [6.07, 6.45) is 1.77. The first-order chi connectivity index (χ1) is 15.1. The van der Waals surface area contributed by atoms with Crippen molar-refractivity contribution in [2.75, 3.05) is 7.11 Å². The minimum Gasteiger partial charge on any atom is -0.493 e. The molecule has 0 aliphatic rings. The smallest absolute Gasteiger partial charge is 0.161 e. The van der Waals surface area contributed by atoms with Crippen molar-refractivity contribution in [2.45, 2.75) is 6.61 Å². The summed E-state index contributed by atoms with van der Waals surface area (Å²) < 4.78 is 26.3. The van der Waals surface area contributed by atoms with Crippen molar-refractivity contribution in [1.82, 2.24) is 9.55 Å². The van der Waals surface area contributed by atoms with Crippen molar-refractivity contribution >= 4 is 22.7 Å². The van der Waals surface area contributed by atoms with Gasteiger partial charge < -0.3 is 14.0 Å². The van der Waals surface area contributed by atoms with E-state index in [1.165, 1.54) is 12.1 Å². The summed E-state index contributed by atoms with van der Waals surface area (Å²) in [4.78, 5) is 4.60. The molecule has 0 amide bonds. The molecular formula is C25H20FN3O2. The van der Waals surface area contributed by atoms with Crippen molar-refractivity contribution in [2.24, 2.45) is 7.05 Å². The molecule has 0 saturated heterocycles. The molecule has 0 atom stereocenters. The number of fused-ring (bicyclic) bond motifs is 1. The van der Waals surface area contributed by atoms with Crippen LogP contribution in [-0.2, 0) is 13.7 Å². The first-order valence-electron chi connectivity index (χ1n) is 9.68. The van der Waals surface area contributed by atoms with E-state index in [4.69, 9.17) is 9.47 Å². The van der Waals surface area contributed by atoms with Gasteiger partial charge in [-0.3, -0.25) is 0 Å². The molecule has 6 heteroatoms. The van der Waals surface area contributed by atoms with Crippen LogP contribution in [0.1, 0.15) is 17.0 Å². The molecule has 4 aromatic rings. The average Bonchev–Trinajstić information content (AvgIpc) is 3.14. The molecule has 0 bridgehead atoms. The Morgan fingerprint density at radius 1 is 1.10 bits per heavy atom. The molecule has 4 rings (SSSR count). The second kappa shape index (κ2) is 8.72. The number of rotatable bonds is 6. The lowest BCUT2D eigenvalue weighted by Gasteiger charge is -2.11. The molecule has 0 unspecified atom stereocenters. The molecule has 1 heterocycles. The number of halogens is 1. The Labute approximate surface area is 179 Å². The van der Waals surface area contributed by atoms with Gasteiger partial charge in [-0.15, -0.1) is 0 Å². The fraction of sp³-hybridized carbons (Fsp3) is 0.120. The van der Waals surface area contributed by atoms with Gasteiger partial charge in [-0.25, -0.2) is 9.37 Å².